The molecular weight excluding hydrogens is 334 g/mol. The highest BCUT2D eigenvalue weighted by molar-refractivity contribution is 5.99. The Morgan fingerprint density at radius 1 is 1.15 bits per heavy atom. The minimum atomic E-state index is 0.630. The lowest BCUT2D eigenvalue weighted by molar-refractivity contribution is 0.112. The number of anilines is 1. The van der Waals surface area contributed by atoms with E-state index in [-0.39, 0.29) is 0 Å². The number of para-hydroxylation sites is 1. The summed E-state index contributed by atoms with van der Waals surface area (Å²) in [5.41, 5.74) is 4.39. The zero-order valence-electron chi connectivity index (χ0n) is 16.2. The number of carbonyl (C=O) groups is 1. The maximum Gasteiger partial charge on any atom is 0.152 e. The minimum Gasteiger partial charge on any atom is -0.357 e. The van der Waals surface area contributed by atoms with Crippen LogP contribution in [0.4, 0.5) is 5.82 Å². The molecule has 0 N–H and O–H groups in total. The molecule has 0 saturated carbocycles. The molecule has 0 radical (unpaired) electrons. The number of fused-ring (bicyclic) bond motifs is 1. The summed E-state index contributed by atoms with van der Waals surface area (Å²) in [6, 6.07) is 12.6. The molecule has 2 aromatic heterocycles. The monoisotopic (exact) mass is 361 g/mol. The number of aryl methyl sites for hydroxylation is 1. The largest absolute Gasteiger partial charge is 0.357 e. The van der Waals surface area contributed by atoms with Crippen molar-refractivity contribution in [2.45, 2.75) is 39.7 Å². The summed E-state index contributed by atoms with van der Waals surface area (Å²) in [5.74, 6) is 1.72. The molecule has 0 bridgehead atoms. The summed E-state index contributed by atoms with van der Waals surface area (Å²) < 4.78 is 2.34. The quantitative estimate of drug-likeness (QED) is 0.622. The Labute approximate surface area is 160 Å². The van der Waals surface area contributed by atoms with Crippen molar-refractivity contribution in [1.29, 1.82) is 0 Å². The van der Waals surface area contributed by atoms with Crippen molar-refractivity contribution >= 4 is 23.0 Å². The van der Waals surface area contributed by atoms with Crippen LogP contribution in [0.2, 0.25) is 0 Å². The molecule has 4 rings (SSSR count). The molecule has 0 aliphatic carbocycles. The van der Waals surface area contributed by atoms with Crippen LogP contribution in [0.3, 0.4) is 0 Å². The second-order valence-corrected chi connectivity index (χ2v) is 7.55. The third-order valence-electron chi connectivity index (χ3n) is 5.99. The number of hydrogen-bond donors (Lipinski definition) is 0. The van der Waals surface area contributed by atoms with Gasteiger partial charge in [-0.05, 0) is 49.8 Å². The van der Waals surface area contributed by atoms with E-state index in [4.69, 9.17) is 0 Å². The van der Waals surface area contributed by atoms with Crippen molar-refractivity contribution in [2.75, 3.05) is 18.0 Å². The maximum atomic E-state index is 11.6. The first-order valence-electron chi connectivity index (χ1n) is 9.94. The molecule has 0 amide bonds. The van der Waals surface area contributed by atoms with Gasteiger partial charge in [0.25, 0.3) is 0 Å². The van der Waals surface area contributed by atoms with Crippen LogP contribution in [0, 0.1) is 12.8 Å². The molecule has 4 nitrogen and oxygen atoms in total. The Hall–Kier alpha value is -2.62. The lowest BCUT2D eigenvalue weighted by Gasteiger charge is -2.33. The summed E-state index contributed by atoms with van der Waals surface area (Å²) >= 11 is 0. The van der Waals surface area contributed by atoms with Gasteiger partial charge in [0.05, 0.1) is 0 Å². The second kappa shape index (κ2) is 7.55. The number of nitrogens with zero attached hydrogens (tertiary/aromatic N) is 3. The molecule has 4 heteroatoms. The number of pyridine rings is 1. The predicted molar refractivity (Wildman–Crippen MR) is 111 cm³/mol. The standard InChI is InChI=1S/C23H27N3O/c1-3-18-8-9-23(24-14-18)25-12-10-19(11-13-25)15-26-17(2)21(16-27)20-6-4-5-7-22(20)26/h4-9,14,16,19H,3,10-13,15H2,1-2H3. The molecular formula is C23H27N3O. The zero-order chi connectivity index (χ0) is 18.8. The fraction of sp³-hybridized carbons (Fsp3) is 0.391. The molecule has 0 atom stereocenters. The van der Waals surface area contributed by atoms with E-state index >= 15 is 0 Å². The second-order valence-electron chi connectivity index (χ2n) is 7.55. The molecule has 1 saturated heterocycles. The molecule has 0 unspecified atom stereocenters. The fourth-order valence-corrected chi connectivity index (χ4v) is 4.26. The smallest absolute Gasteiger partial charge is 0.152 e. The number of piperidine rings is 1. The van der Waals surface area contributed by atoms with Crippen LogP contribution >= 0.6 is 0 Å². The van der Waals surface area contributed by atoms with E-state index in [0.717, 1.165) is 67.6 Å². The van der Waals surface area contributed by atoms with Gasteiger partial charge in [-0.2, -0.15) is 0 Å². The third kappa shape index (κ3) is 3.36. The van der Waals surface area contributed by atoms with Gasteiger partial charge in [0, 0.05) is 48.0 Å². The van der Waals surface area contributed by atoms with Crippen molar-refractivity contribution in [3.8, 4) is 0 Å². The van der Waals surface area contributed by atoms with E-state index in [1.807, 2.05) is 12.3 Å². The van der Waals surface area contributed by atoms with Crippen LogP contribution in [-0.4, -0.2) is 28.9 Å². The average molecular weight is 361 g/mol. The number of aromatic nitrogens is 2. The fourth-order valence-electron chi connectivity index (χ4n) is 4.26. The normalized spacial score (nSPS) is 15.4. The van der Waals surface area contributed by atoms with Gasteiger partial charge in [-0.3, -0.25) is 4.79 Å². The third-order valence-corrected chi connectivity index (χ3v) is 5.99. The van der Waals surface area contributed by atoms with Gasteiger partial charge in [0.2, 0.25) is 0 Å². The highest BCUT2D eigenvalue weighted by Gasteiger charge is 2.22. The molecule has 1 aliphatic heterocycles. The van der Waals surface area contributed by atoms with Gasteiger partial charge < -0.3 is 9.47 Å². The van der Waals surface area contributed by atoms with Gasteiger partial charge in [-0.15, -0.1) is 0 Å². The van der Waals surface area contributed by atoms with Crippen molar-refractivity contribution in [2.24, 2.45) is 5.92 Å². The summed E-state index contributed by atoms with van der Waals surface area (Å²) in [7, 11) is 0. The minimum absolute atomic E-state index is 0.630. The molecule has 1 aliphatic rings. The number of rotatable bonds is 5. The Morgan fingerprint density at radius 2 is 1.93 bits per heavy atom. The van der Waals surface area contributed by atoms with Crippen LogP contribution in [0.15, 0.2) is 42.6 Å². The summed E-state index contributed by atoms with van der Waals surface area (Å²) in [5, 5.41) is 1.07. The van der Waals surface area contributed by atoms with Crippen LogP contribution < -0.4 is 4.90 Å². The number of carbonyl (C=O) groups excluding carboxylic acids is 1. The van der Waals surface area contributed by atoms with E-state index in [0.29, 0.717) is 5.92 Å². The van der Waals surface area contributed by atoms with Crippen LogP contribution in [-0.2, 0) is 13.0 Å². The van der Waals surface area contributed by atoms with Crippen molar-refractivity contribution in [1.82, 2.24) is 9.55 Å². The number of hydrogen-bond acceptors (Lipinski definition) is 3. The first kappa shape index (κ1) is 17.8. The summed E-state index contributed by atoms with van der Waals surface area (Å²) in [4.78, 5) is 18.6. The Morgan fingerprint density at radius 3 is 2.59 bits per heavy atom. The van der Waals surface area contributed by atoms with Gasteiger partial charge >= 0.3 is 0 Å². The van der Waals surface area contributed by atoms with E-state index in [2.05, 4.69) is 58.6 Å². The highest BCUT2D eigenvalue weighted by Crippen LogP contribution is 2.29. The molecule has 140 valence electrons. The van der Waals surface area contributed by atoms with Crippen molar-refractivity contribution < 1.29 is 4.79 Å². The lowest BCUT2D eigenvalue weighted by atomic mass is 9.96. The first-order chi connectivity index (χ1) is 13.2. The highest BCUT2D eigenvalue weighted by atomic mass is 16.1. The van der Waals surface area contributed by atoms with Gasteiger partial charge in [0.1, 0.15) is 5.82 Å². The van der Waals surface area contributed by atoms with Crippen LogP contribution in [0.25, 0.3) is 10.9 Å². The Kier molecular flexibility index (Phi) is 4.97. The zero-order valence-corrected chi connectivity index (χ0v) is 16.2. The molecule has 1 fully saturated rings. The SMILES string of the molecule is CCc1ccc(N2CCC(Cn3c(C)c(C=O)c4ccccc43)CC2)nc1. The number of benzene rings is 1. The lowest BCUT2D eigenvalue weighted by Crippen LogP contribution is -2.35. The Bertz CT molecular complexity index is 934. The first-order valence-corrected chi connectivity index (χ1v) is 9.94. The Balaban J connectivity index is 1.47. The van der Waals surface area contributed by atoms with Gasteiger partial charge in [-0.25, -0.2) is 4.98 Å². The summed E-state index contributed by atoms with van der Waals surface area (Å²) in [6.07, 6.45) is 6.33. The van der Waals surface area contributed by atoms with E-state index in [9.17, 15) is 4.79 Å². The van der Waals surface area contributed by atoms with Crippen molar-refractivity contribution in [3.05, 3.63) is 59.4 Å². The molecule has 0 spiro atoms. The molecule has 1 aromatic carbocycles. The molecule has 27 heavy (non-hydrogen) atoms. The van der Waals surface area contributed by atoms with E-state index < -0.39 is 0 Å². The van der Waals surface area contributed by atoms with E-state index in [1.54, 1.807) is 0 Å². The van der Waals surface area contributed by atoms with Gasteiger partial charge in [0.15, 0.2) is 6.29 Å². The van der Waals surface area contributed by atoms with E-state index in [1.165, 1.54) is 11.1 Å². The molecule has 3 aromatic rings. The average Bonchev–Trinajstić information content (AvgIpc) is 2.99. The van der Waals surface area contributed by atoms with Crippen LogP contribution in [0.1, 0.15) is 41.4 Å². The summed E-state index contributed by atoms with van der Waals surface area (Å²) in [6.45, 7) is 7.29. The topological polar surface area (TPSA) is 38.1 Å². The van der Waals surface area contributed by atoms with Gasteiger partial charge in [-0.1, -0.05) is 31.2 Å². The maximum absolute atomic E-state index is 11.6. The predicted octanol–water partition coefficient (Wildman–Crippen LogP) is 4.64. The van der Waals surface area contributed by atoms with Crippen LogP contribution in [0.5, 0.6) is 0 Å². The van der Waals surface area contributed by atoms with Crippen molar-refractivity contribution in [3.63, 3.8) is 0 Å². The molecule has 3 heterocycles. The number of aldehydes is 1.